The molecule has 0 amide bonds. The van der Waals surface area contributed by atoms with Crippen molar-refractivity contribution in [2.45, 2.75) is 45.4 Å². The van der Waals surface area contributed by atoms with Gasteiger partial charge in [-0.05, 0) is 69.5 Å². The maximum atomic E-state index is 14.5. The molecule has 1 aliphatic rings. The lowest BCUT2D eigenvalue weighted by atomic mass is 9.65. The number of Topliss-reactive ketones (excluding diaryl/α,β-unsaturated/α-hetero) is 1. The number of carbonyl (C=O) groups is 1. The van der Waals surface area contributed by atoms with Crippen LogP contribution < -0.4 is 5.43 Å². The number of hydrogen-bond acceptors (Lipinski definition) is 11. The third kappa shape index (κ3) is 6.29. The molecule has 5 aromatic rings. The van der Waals surface area contributed by atoms with Crippen LogP contribution in [0.4, 0.5) is 0 Å². The highest BCUT2D eigenvalue weighted by molar-refractivity contribution is 6.02. The highest BCUT2D eigenvalue weighted by atomic mass is 16.3. The van der Waals surface area contributed by atoms with Crippen LogP contribution in [0.1, 0.15) is 66.1 Å². The van der Waals surface area contributed by atoms with Crippen LogP contribution >= 0.6 is 0 Å². The van der Waals surface area contributed by atoms with E-state index in [0.29, 0.717) is 5.56 Å². The lowest BCUT2D eigenvalue weighted by molar-refractivity contribution is 0.0876. The number of aromatic hydroxyl groups is 8. The number of allylic oxidation sites excluding steroid dienone is 4. The molecule has 0 spiro atoms. The number of hydrogen-bond donors (Lipinski definition) is 8. The number of phenolic OH excluding ortho intramolecular Hbond substituents is 8. The fourth-order valence-corrected chi connectivity index (χ4v) is 7.01. The van der Waals surface area contributed by atoms with Crippen molar-refractivity contribution in [3.8, 4) is 57.3 Å². The largest absolute Gasteiger partial charge is 0.508 e. The van der Waals surface area contributed by atoms with Crippen molar-refractivity contribution >= 4 is 16.8 Å². The number of phenols is 8. The van der Waals surface area contributed by atoms with Crippen LogP contribution in [0.3, 0.4) is 0 Å². The number of rotatable bonds is 7. The van der Waals surface area contributed by atoms with Gasteiger partial charge in [0, 0.05) is 53.1 Å². The van der Waals surface area contributed by atoms with Crippen LogP contribution in [0.25, 0.3) is 22.3 Å². The van der Waals surface area contributed by atoms with Crippen LogP contribution in [0.5, 0.6) is 46.0 Å². The summed E-state index contributed by atoms with van der Waals surface area (Å²) in [7, 11) is 0. The van der Waals surface area contributed by atoms with Crippen LogP contribution in [0, 0.1) is 5.92 Å². The SMILES string of the molecule is CC(C)=CCc1c(-c2ccc(O)c([C@@H]3C=C(C)C[C@@H](c4ccc(O)cc4O)[C@@H]3C(=O)c3ccc(O)cc3O)c2O)oc2cc(O)cc(O)c2c1=O. The van der Waals surface area contributed by atoms with Gasteiger partial charge in [-0.1, -0.05) is 29.4 Å². The minimum atomic E-state index is -1.19. The van der Waals surface area contributed by atoms with Crippen molar-refractivity contribution in [3.05, 3.63) is 116 Å². The Balaban J connectivity index is 1.62. The molecule has 0 fully saturated rings. The molecule has 51 heavy (non-hydrogen) atoms. The molecular formula is C40H36O11. The van der Waals surface area contributed by atoms with Gasteiger partial charge in [0.1, 0.15) is 62.7 Å². The third-order valence-corrected chi connectivity index (χ3v) is 9.33. The van der Waals surface area contributed by atoms with Gasteiger partial charge < -0.3 is 45.3 Å². The standard InChI is InChI=1S/C40H36O11/c1-18(2)4-7-25-39(50)36-32(47)16-22(43)17-33(36)51-40(25)26-10-11-29(44)35(38(26)49)28-13-19(3)12-27(23-8-5-20(41)14-30(23)45)34(28)37(48)24-9-6-21(42)15-31(24)46/h4-6,8-11,13-17,27-28,34,41-47,49H,7,12H2,1-3H3/t27-,28+,34-/m0/s1. The van der Waals surface area contributed by atoms with Gasteiger partial charge in [-0.15, -0.1) is 0 Å². The molecule has 4 aromatic carbocycles. The Morgan fingerprint density at radius 3 is 2.14 bits per heavy atom. The van der Waals surface area contributed by atoms with Gasteiger partial charge in [-0.25, -0.2) is 0 Å². The summed E-state index contributed by atoms with van der Waals surface area (Å²) in [5, 5.41) is 85.8. The molecule has 3 atom stereocenters. The second-order valence-electron chi connectivity index (χ2n) is 13.1. The topological polar surface area (TPSA) is 209 Å². The van der Waals surface area contributed by atoms with Crippen LogP contribution in [0.2, 0.25) is 0 Å². The lowest BCUT2D eigenvalue weighted by Crippen LogP contribution is -2.31. The average molecular weight is 693 g/mol. The lowest BCUT2D eigenvalue weighted by Gasteiger charge is -2.37. The third-order valence-electron chi connectivity index (χ3n) is 9.33. The monoisotopic (exact) mass is 692 g/mol. The van der Waals surface area contributed by atoms with E-state index in [1.54, 1.807) is 19.1 Å². The summed E-state index contributed by atoms with van der Waals surface area (Å²) >= 11 is 0. The summed E-state index contributed by atoms with van der Waals surface area (Å²) < 4.78 is 6.14. The van der Waals surface area contributed by atoms with Gasteiger partial charge in [0.15, 0.2) is 5.78 Å². The summed E-state index contributed by atoms with van der Waals surface area (Å²) in [4.78, 5) is 28.4. The second-order valence-corrected chi connectivity index (χ2v) is 13.1. The van der Waals surface area contributed by atoms with E-state index in [9.17, 15) is 50.4 Å². The maximum Gasteiger partial charge on any atom is 0.200 e. The zero-order chi connectivity index (χ0) is 36.9. The van der Waals surface area contributed by atoms with E-state index in [-0.39, 0.29) is 74.8 Å². The predicted molar refractivity (Wildman–Crippen MR) is 189 cm³/mol. The summed E-state index contributed by atoms with van der Waals surface area (Å²) in [5.74, 6) is -6.90. The molecule has 0 bridgehead atoms. The molecule has 11 nitrogen and oxygen atoms in total. The zero-order valence-electron chi connectivity index (χ0n) is 27.9. The van der Waals surface area contributed by atoms with E-state index < -0.39 is 52.0 Å². The molecule has 6 rings (SSSR count). The molecule has 262 valence electrons. The fraction of sp³-hybridized carbons (Fsp3) is 0.200. The van der Waals surface area contributed by atoms with Gasteiger partial charge in [0.05, 0.1) is 11.1 Å². The van der Waals surface area contributed by atoms with E-state index >= 15 is 0 Å². The van der Waals surface area contributed by atoms with E-state index in [1.165, 1.54) is 36.4 Å². The molecule has 1 aromatic heterocycles. The Bertz CT molecular complexity index is 2340. The first kappa shape index (κ1) is 34.5. The number of fused-ring (bicyclic) bond motifs is 1. The van der Waals surface area contributed by atoms with E-state index in [0.717, 1.165) is 35.4 Å². The first-order chi connectivity index (χ1) is 24.2. The summed E-state index contributed by atoms with van der Waals surface area (Å²) in [6.07, 6.45) is 3.74. The molecule has 8 N–H and O–H groups in total. The molecular weight excluding hydrogens is 656 g/mol. The van der Waals surface area contributed by atoms with Crippen LogP contribution in [0.15, 0.2) is 93.2 Å². The van der Waals surface area contributed by atoms with Gasteiger partial charge in [0.2, 0.25) is 5.43 Å². The Morgan fingerprint density at radius 1 is 0.804 bits per heavy atom. The minimum absolute atomic E-state index is 0.0267. The normalized spacial score (nSPS) is 17.2. The van der Waals surface area contributed by atoms with Gasteiger partial charge >= 0.3 is 0 Å². The molecule has 11 heteroatoms. The molecule has 1 aliphatic carbocycles. The summed E-state index contributed by atoms with van der Waals surface area (Å²) in [5.41, 5.74) is 0.906. The van der Waals surface area contributed by atoms with E-state index in [4.69, 9.17) is 4.42 Å². The first-order valence-corrected chi connectivity index (χ1v) is 16.1. The molecule has 0 aliphatic heterocycles. The highest BCUT2D eigenvalue weighted by Crippen LogP contribution is 2.54. The molecule has 0 unspecified atom stereocenters. The Kier molecular flexibility index (Phi) is 8.90. The van der Waals surface area contributed by atoms with Crippen molar-refractivity contribution in [2.75, 3.05) is 0 Å². The minimum Gasteiger partial charge on any atom is -0.508 e. The summed E-state index contributed by atoms with van der Waals surface area (Å²) in [6.45, 7) is 5.45. The van der Waals surface area contributed by atoms with Crippen molar-refractivity contribution in [1.29, 1.82) is 0 Å². The van der Waals surface area contributed by atoms with Crippen molar-refractivity contribution < 1.29 is 50.1 Å². The van der Waals surface area contributed by atoms with E-state index in [1.807, 2.05) is 13.8 Å². The molecule has 0 radical (unpaired) electrons. The Hall–Kier alpha value is -6.36. The summed E-state index contributed by atoms with van der Waals surface area (Å²) in [6, 6.07) is 12.3. The predicted octanol–water partition coefficient (Wildman–Crippen LogP) is 7.33. The number of carbonyl (C=O) groups excluding carboxylic acids is 1. The van der Waals surface area contributed by atoms with Gasteiger partial charge in [0.25, 0.3) is 0 Å². The van der Waals surface area contributed by atoms with Crippen molar-refractivity contribution in [2.24, 2.45) is 5.92 Å². The van der Waals surface area contributed by atoms with Crippen molar-refractivity contribution in [3.63, 3.8) is 0 Å². The van der Waals surface area contributed by atoms with Crippen LogP contribution in [-0.2, 0) is 6.42 Å². The molecule has 0 saturated carbocycles. The van der Waals surface area contributed by atoms with E-state index in [2.05, 4.69) is 0 Å². The smallest absolute Gasteiger partial charge is 0.200 e. The maximum absolute atomic E-state index is 14.5. The van der Waals surface area contributed by atoms with Gasteiger partial charge in [-0.3, -0.25) is 9.59 Å². The quantitative estimate of drug-likeness (QED) is 0.0625. The average Bonchev–Trinajstić information content (AvgIpc) is 3.03. The first-order valence-electron chi connectivity index (χ1n) is 16.1. The Morgan fingerprint density at radius 2 is 1.47 bits per heavy atom. The van der Waals surface area contributed by atoms with Crippen molar-refractivity contribution in [1.82, 2.24) is 0 Å². The van der Waals surface area contributed by atoms with Gasteiger partial charge in [-0.2, -0.15) is 0 Å². The second kappa shape index (κ2) is 13.2. The molecule has 0 saturated heterocycles. The Labute approximate surface area is 291 Å². The number of ketones is 1. The zero-order valence-corrected chi connectivity index (χ0v) is 27.9. The fourth-order valence-electron chi connectivity index (χ4n) is 7.01. The highest BCUT2D eigenvalue weighted by Gasteiger charge is 2.43. The molecule has 1 heterocycles. The number of benzene rings is 4. The van der Waals surface area contributed by atoms with Crippen LogP contribution in [-0.4, -0.2) is 46.6 Å².